The third kappa shape index (κ3) is 3.66. The number of nitrogens with two attached hydrogens (primary N) is 1. The Bertz CT molecular complexity index is 651. The molecule has 1 amide bonds. The molecule has 0 aliphatic rings. The molecule has 0 radical (unpaired) electrons. The molecule has 0 unspecified atom stereocenters. The lowest BCUT2D eigenvalue weighted by atomic mass is 10.2. The molecular formula is C13H14N4O2S. The van der Waals surface area contributed by atoms with Crippen LogP contribution in [0.5, 0.6) is 0 Å². The first-order valence-electron chi connectivity index (χ1n) is 6.04. The highest BCUT2D eigenvalue weighted by Crippen LogP contribution is 2.15. The van der Waals surface area contributed by atoms with Gasteiger partial charge in [0.2, 0.25) is 5.89 Å². The summed E-state index contributed by atoms with van der Waals surface area (Å²) in [6.45, 7) is 2.45. The minimum atomic E-state index is -0.155. The van der Waals surface area contributed by atoms with E-state index in [0.29, 0.717) is 35.1 Å². The van der Waals surface area contributed by atoms with Gasteiger partial charge in [-0.3, -0.25) is 4.79 Å². The molecule has 0 saturated heterocycles. The maximum atomic E-state index is 12.0. The fourth-order valence-corrected chi connectivity index (χ4v) is 2.30. The van der Waals surface area contributed by atoms with Crippen LogP contribution in [0.3, 0.4) is 0 Å². The Kier molecular flexibility index (Phi) is 4.87. The van der Waals surface area contributed by atoms with Crippen molar-refractivity contribution in [1.82, 2.24) is 15.5 Å². The van der Waals surface area contributed by atoms with Crippen molar-refractivity contribution in [3.63, 3.8) is 0 Å². The van der Waals surface area contributed by atoms with Gasteiger partial charge in [-0.2, -0.15) is 4.98 Å². The van der Waals surface area contributed by atoms with Crippen LogP contribution in [-0.2, 0) is 6.42 Å². The van der Waals surface area contributed by atoms with Crippen molar-refractivity contribution < 1.29 is 9.32 Å². The molecule has 7 heteroatoms. The van der Waals surface area contributed by atoms with Gasteiger partial charge in [-0.25, -0.2) is 0 Å². The first kappa shape index (κ1) is 14.2. The highest BCUT2D eigenvalue weighted by Gasteiger charge is 2.12. The van der Waals surface area contributed by atoms with Crippen molar-refractivity contribution in [3.05, 3.63) is 33.6 Å². The van der Waals surface area contributed by atoms with Gasteiger partial charge in [-0.05, 0) is 18.4 Å². The van der Waals surface area contributed by atoms with Crippen molar-refractivity contribution in [1.29, 1.82) is 0 Å². The van der Waals surface area contributed by atoms with E-state index in [4.69, 9.17) is 10.3 Å². The van der Waals surface area contributed by atoms with Crippen LogP contribution >= 0.6 is 11.3 Å². The first-order chi connectivity index (χ1) is 9.70. The van der Waals surface area contributed by atoms with Crippen LogP contribution in [0.1, 0.15) is 27.0 Å². The van der Waals surface area contributed by atoms with Gasteiger partial charge in [0.25, 0.3) is 5.91 Å². The Morgan fingerprint density at radius 2 is 2.45 bits per heavy atom. The zero-order valence-corrected chi connectivity index (χ0v) is 11.8. The van der Waals surface area contributed by atoms with Gasteiger partial charge in [-0.15, -0.1) is 11.3 Å². The lowest BCUT2D eigenvalue weighted by Gasteiger charge is -2.01. The number of nitrogens with zero attached hydrogens (tertiary/aromatic N) is 2. The van der Waals surface area contributed by atoms with Crippen LogP contribution in [0.15, 0.2) is 16.0 Å². The van der Waals surface area contributed by atoms with E-state index in [1.807, 2.05) is 11.4 Å². The van der Waals surface area contributed by atoms with Gasteiger partial charge < -0.3 is 15.6 Å². The van der Waals surface area contributed by atoms with Crippen LogP contribution < -0.4 is 11.1 Å². The number of carbonyl (C=O) groups excluding carboxylic acids is 1. The van der Waals surface area contributed by atoms with Crippen molar-refractivity contribution in [2.75, 3.05) is 13.1 Å². The molecule has 0 atom stereocenters. The number of aromatic nitrogens is 2. The van der Waals surface area contributed by atoms with Crippen LogP contribution in [-0.4, -0.2) is 29.1 Å². The lowest BCUT2D eigenvalue weighted by Crippen LogP contribution is -2.25. The SMILES string of the molecule is Cc1noc(CCNC(=O)c2sccc2C#CCN)n1. The van der Waals surface area contributed by atoms with Gasteiger partial charge in [0.15, 0.2) is 5.82 Å². The molecule has 0 aliphatic heterocycles. The molecule has 0 fully saturated rings. The number of carbonyl (C=O) groups is 1. The maximum Gasteiger partial charge on any atom is 0.262 e. The third-order valence-corrected chi connectivity index (χ3v) is 3.30. The van der Waals surface area contributed by atoms with Crippen molar-refractivity contribution in [2.45, 2.75) is 13.3 Å². The van der Waals surface area contributed by atoms with Crippen LogP contribution in [0.25, 0.3) is 0 Å². The largest absolute Gasteiger partial charge is 0.351 e. The fourth-order valence-electron chi connectivity index (χ4n) is 1.53. The maximum absolute atomic E-state index is 12.0. The average molecular weight is 290 g/mol. The van der Waals surface area contributed by atoms with Crippen molar-refractivity contribution in [3.8, 4) is 11.8 Å². The molecule has 0 bridgehead atoms. The molecule has 3 N–H and O–H groups in total. The molecule has 2 heterocycles. The third-order valence-electron chi connectivity index (χ3n) is 2.39. The summed E-state index contributed by atoms with van der Waals surface area (Å²) in [5.74, 6) is 6.56. The predicted octanol–water partition coefficient (Wildman–Crippen LogP) is 0.722. The second kappa shape index (κ2) is 6.84. The molecule has 2 aromatic heterocycles. The highest BCUT2D eigenvalue weighted by atomic mass is 32.1. The highest BCUT2D eigenvalue weighted by molar-refractivity contribution is 7.12. The monoisotopic (exact) mass is 290 g/mol. The average Bonchev–Trinajstić information content (AvgIpc) is 3.05. The number of amides is 1. The minimum Gasteiger partial charge on any atom is -0.351 e. The van der Waals surface area contributed by atoms with E-state index in [0.717, 1.165) is 0 Å². The van der Waals surface area contributed by atoms with Crippen LogP contribution in [0.2, 0.25) is 0 Å². The first-order valence-corrected chi connectivity index (χ1v) is 6.92. The Hall–Kier alpha value is -2.17. The minimum absolute atomic E-state index is 0.155. The number of rotatable bonds is 4. The van der Waals surface area contributed by atoms with Crippen LogP contribution in [0, 0.1) is 18.8 Å². The fraction of sp³-hybridized carbons (Fsp3) is 0.308. The van der Waals surface area contributed by atoms with E-state index in [2.05, 4.69) is 27.3 Å². The predicted molar refractivity (Wildman–Crippen MR) is 75.3 cm³/mol. The number of hydrogen-bond donors (Lipinski definition) is 2. The molecule has 104 valence electrons. The van der Waals surface area contributed by atoms with E-state index in [-0.39, 0.29) is 12.5 Å². The summed E-state index contributed by atoms with van der Waals surface area (Å²) in [5.41, 5.74) is 6.02. The quantitative estimate of drug-likeness (QED) is 0.809. The van der Waals surface area contributed by atoms with E-state index < -0.39 is 0 Å². The summed E-state index contributed by atoms with van der Waals surface area (Å²) in [4.78, 5) is 16.7. The molecule has 0 aliphatic carbocycles. The van der Waals surface area contributed by atoms with E-state index >= 15 is 0 Å². The van der Waals surface area contributed by atoms with Gasteiger partial charge in [0, 0.05) is 18.5 Å². The Labute approximate surface area is 120 Å². The molecule has 2 rings (SSSR count). The number of thiophene rings is 1. The molecule has 20 heavy (non-hydrogen) atoms. The van der Waals surface area contributed by atoms with Crippen molar-refractivity contribution >= 4 is 17.2 Å². The van der Waals surface area contributed by atoms with E-state index in [1.165, 1.54) is 11.3 Å². The van der Waals surface area contributed by atoms with Gasteiger partial charge in [0.05, 0.1) is 6.54 Å². The second-order valence-electron chi connectivity index (χ2n) is 3.91. The molecule has 6 nitrogen and oxygen atoms in total. The molecule has 0 saturated carbocycles. The summed E-state index contributed by atoms with van der Waals surface area (Å²) in [6.07, 6.45) is 0.502. The summed E-state index contributed by atoms with van der Waals surface area (Å²) < 4.78 is 4.97. The van der Waals surface area contributed by atoms with E-state index in [1.54, 1.807) is 6.92 Å². The lowest BCUT2D eigenvalue weighted by molar-refractivity contribution is 0.0957. The topological polar surface area (TPSA) is 94.0 Å². The summed E-state index contributed by atoms with van der Waals surface area (Å²) in [6, 6.07) is 1.81. The zero-order chi connectivity index (χ0) is 14.4. The van der Waals surface area contributed by atoms with Crippen LogP contribution in [0.4, 0.5) is 0 Å². The number of aryl methyl sites for hydroxylation is 1. The Balaban J connectivity index is 1.90. The zero-order valence-electron chi connectivity index (χ0n) is 11.0. The Morgan fingerprint density at radius 1 is 1.60 bits per heavy atom. The number of hydrogen-bond acceptors (Lipinski definition) is 6. The second-order valence-corrected chi connectivity index (χ2v) is 4.83. The standard InChI is InChI=1S/C13H14N4O2S/c1-9-16-11(19-17-9)4-7-15-13(18)12-10(3-2-6-14)5-8-20-12/h5,8H,4,6-7,14H2,1H3,(H,15,18). The summed E-state index contributed by atoms with van der Waals surface area (Å²) in [7, 11) is 0. The molecule has 0 aromatic carbocycles. The summed E-state index contributed by atoms with van der Waals surface area (Å²) in [5, 5.41) is 8.32. The molecule has 0 spiro atoms. The normalized spacial score (nSPS) is 9.90. The molecular weight excluding hydrogens is 276 g/mol. The summed E-state index contributed by atoms with van der Waals surface area (Å²) >= 11 is 1.35. The van der Waals surface area contributed by atoms with Gasteiger partial charge >= 0.3 is 0 Å². The van der Waals surface area contributed by atoms with Gasteiger partial charge in [0.1, 0.15) is 4.88 Å². The van der Waals surface area contributed by atoms with Gasteiger partial charge in [-0.1, -0.05) is 17.0 Å². The van der Waals surface area contributed by atoms with E-state index in [9.17, 15) is 4.79 Å². The number of nitrogens with one attached hydrogen (secondary N) is 1. The Morgan fingerprint density at radius 3 is 3.15 bits per heavy atom. The van der Waals surface area contributed by atoms with Crippen molar-refractivity contribution in [2.24, 2.45) is 5.73 Å². The smallest absolute Gasteiger partial charge is 0.262 e. The molecule has 2 aromatic rings.